The fraction of sp³-hybridized carbons (Fsp3) is 0.333. The molecule has 1 rings (SSSR count). The average molecular weight is 234 g/mol. The molecule has 0 aromatic heterocycles. The van der Waals surface area contributed by atoms with Gasteiger partial charge in [-0.15, -0.1) is 11.6 Å². The molecule has 0 amide bonds. The lowest BCUT2D eigenvalue weighted by Gasteiger charge is -2.17. The molecule has 0 saturated heterocycles. The van der Waals surface area contributed by atoms with Crippen LogP contribution in [0.15, 0.2) is 24.3 Å². The van der Waals surface area contributed by atoms with Gasteiger partial charge < -0.3 is 0 Å². The first kappa shape index (κ1) is 11.3. The predicted octanol–water partition coefficient (Wildman–Crippen LogP) is 1.96. The summed E-state index contributed by atoms with van der Waals surface area (Å²) in [5.41, 5.74) is 1.71. The number of sulfonamides is 1. The number of hydrogen-bond donors (Lipinski definition) is 0. The topological polar surface area (TPSA) is 37.4 Å². The summed E-state index contributed by atoms with van der Waals surface area (Å²) >= 11 is 5.34. The van der Waals surface area contributed by atoms with Gasteiger partial charge in [0, 0.05) is 7.05 Å². The van der Waals surface area contributed by atoms with Crippen LogP contribution in [0.4, 0.5) is 5.69 Å². The van der Waals surface area contributed by atoms with E-state index in [1.807, 2.05) is 19.1 Å². The number of anilines is 1. The summed E-state index contributed by atoms with van der Waals surface area (Å²) in [4.78, 5) is 0. The molecule has 1 aromatic carbocycles. The maximum absolute atomic E-state index is 11.4. The molecule has 0 radical (unpaired) electrons. The van der Waals surface area contributed by atoms with Crippen molar-refractivity contribution in [1.29, 1.82) is 0 Å². The molecule has 78 valence electrons. The minimum Gasteiger partial charge on any atom is -0.272 e. The number of alkyl halides is 1. The Bertz CT molecular complexity index is 399. The number of halogens is 1. The lowest BCUT2D eigenvalue weighted by Crippen LogP contribution is -2.27. The normalized spacial score (nSPS) is 11.4. The molecule has 0 aliphatic carbocycles. The number of rotatable bonds is 3. The van der Waals surface area contributed by atoms with Crippen LogP contribution < -0.4 is 4.31 Å². The van der Waals surface area contributed by atoms with Crippen LogP contribution in [0, 0.1) is 6.92 Å². The van der Waals surface area contributed by atoms with E-state index in [0.29, 0.717) is 5.69 Å². The zero-order valence-electron chi connectivity index (χ0n) is 8.07. The van der Waals surface area contributed by atoms with E-state index < -0.39 is 15.2 Å². The second-order valence-electron chi connectivity index (χ2n) is 3.02. The van der Waals surface area contributed by atoms with Gasteiger partial charge in [0.15, 0.2) is 0 Å². The summed E-state index contributed by atoms with van der Waals surface area (Å²) in [6.07, 6.45) is 0. The van der Waals surface area contributed by atoms with E-state index in [4.69, 9.17) is 11.6 Å². The summed E-state index contributed by atoms with van der Waals surface area (Å²) in [5.74, 6) is 0. The molecule has 0 heterocycles. The molecule has 5 heteroatoms. The molecule has 0 fully saturated rings. The van der Waals surface area contributed by atoms with Crippen molar-refractivity contribution in [3.63, 3.8) is 0 Å². The summed E-state index contributed by atoms with van der Waals surface area (Å²) in [6.45, 7) is 1.94. The van der Waals surface area contributed by atoms with Gasteiger partial charge in [0.2, 0.25) is 10.0 Å². The van der Waals surface area contributed by atoms with Crippen LogP contribution in [0.5, 0.6) is 0 Å². The second kappa shape index (κ2) is 4.19. The molecule has 0 bridgehead atoms. The van der Waals surface area contributed by atoms with Crippen molar-refractivity contribution in [2.75, 3.05) is 16.6 Å². The maximum Gasteiger partial charge on any atom is 0.248 e. The zero-order chi connectivity index (χ0) is 10.8. The quantitative estimate of drug-likeness (QED) is 0.749. The Balaban J connectivity index is 3.01. The highest BCUT2D eigenvalue weighted by atomic mass is 35.5. The third kappa shape index (κ3) is 2.39. The first-order valence-corrected chi connectivity index (χ1v) is 6.21. The van der Waals surface area contributed by atoms with E-state index in [9.17, 15) is 8.42 Å². The number of nitrogens with zero attached hydrogens (tertiary/aromatic N) is 1. The number of benzene rings is 1. The van der Waals surface area contributed by atoms with Gasteiger partial charge in [-0.25, -0.2) is 8.42 Å². The molecule has 0 N–H and O–H groups in total. The Morgan fingerprint density at radius 3 is 2.21 bits per heavy atom. The van der Waals surface area contributed by atoms with Crippen LogP contribution in [0.1, 0.15) is 5.56 Å². The molecule has 0 unspecified atom stereocenters. The molecule has 0 saturated carbocycles. The highest BCUT2D eigenvalue weighted by Gasteiger charge is 2.16. The van der Waals surface area contributed by atoms with Gasteiger partial charge in [0.05, 0.1) is 5.69 Å². The van der Waals surface area contributed by atoms with E-state index in [1.54, 1.807) is 12.1 Å². The monoisotopic (exact) mass is 233 g/mol. The third-order valence-corrected chi connectivity index (χ3v) is 4.10. The number of hydrogen-bond acceptors (Lipinski definition) is 2. The maximum atomic E-state index is 11.4. The third-order valence-electron chi connectivity index (χ3n) is 1.95. The van der Waals surface area contributed by atoms with Crippen molar-refractivity contribution >= 4 is 27.3 Å². The van der Waals surface area contributed by atoms with Crippen molar-refractivity contribution in [1.82, 2.24) is 0 Å². The van der Waals surface area contributed by atoms with Gasteiger partial charge >= 0.3 is 0 Å². The highest BCUT2D eigenvalue weighted by Crippen LogP contribution is 2.17. The fourth-order valence-electron chi connectivity index (χ4n) is 0.988. The molecular formula is C9H12ClNO2S. The van der Waals surface area contributed by atoms with Crippen LogP contribution in [0.3, 0.4) is 0 Å². The summed E-state index contributed by atoms with van der Waals surface area (Å²) in [5, 5.41) is -0.405. The summed E-state index contributed by atoms with van der Waals surface area (Å²) < 4.78 is 23.9. The molecule has 0 aliphatic heterocycles. The van der Waals surface area contributed by atoms with Gasteiger partial charge in [-0.3, -0.25) is 4.31 Å². The minimum absolute atomic E-state index is 0.405. The largest absolute Gasteiger partial charge is 0.272 e. The molecule has 0 spiro atoms. The van der Waals surface area contributed by atoms with E-state index in [1.165, 1.54) is 11.4 Å². The van der Waals surface area contributed by atoms with E-state index in [-0.39, 0.29) is 0 Å². The van der Waals surface area contributed by atoms with Gasteiger partial charge in [-0.05, 0) is 19.1 Å². The molecular weight excluding hydrogens is 222 g/mol. The highest BCUT2D eigenvalue weighted by molar-refractivity contribution is 7.93. The molecule has 0 aliphatic rings. The standard InChI is InChI=1S/C9H12ClNO2S/c1-8-3-5-9(6-4-8)11(2)14(12,13)7-10/h3-6H,7H2,1-2H3. The first-order valence-electron chi connectivity index (χ1n) is 4.06. The molecule has 0 atom stereocenters. The van der Waals surface area contributed by atoms with E-state index in [2.05, 4.69) is 0 Å². The Morgan fingerprint density at radius 2 is 1.79 bits per heavy atom. The Morgan fingerprint density at radius 1 is 1.29 bits per heavy atom. The lowest BCUT2D eigenvalue weighted by molar-refractivity contribution is 0.599. The Hall–Kier alpha value is -0.740. The SMILES string of the molecule is Cc1ccc(N(C)S(=O)(=O)CCl)cc1. The van der Waals surface area contributed by atoms with Gasteiger partial charge in [-0.1, -0.05) is 17.7 Å². The average Bonchev–Trinajstić information content (AvgIpc) is 2.18. The van der Waals surface area contributed by atoms with Crippen molar-refractivity contribution in [2.24, 2.45) is 0 Å². The second-order valence-corrected chi connectivity index (χ2v) is 5.61. The van der Waals surface area contributed by atoms with E-state index >= 15 is 0 Å². The van der Waals surface area contributed by atoms with Crippen molar-refractivity contribution in [2.45, 2.75) is 6.92 Å². The summed E-state index contributed by atoms with van der Waals surface area (Å²) in [6, 6.07) is 7.21. The van der Waals surface area contributed by atoms with Gasteiger partial charge in [-0.2, -0.15) is 0 Å². The van der Waals surface area contributed by atoms with Crippen molar-refractivity contribution in [3.05, 3.63) is 29.8 Å². The molecule has 3 nitrogen and oxygen atoms in total. The summed E-state index contributed by atoms with van der Waals surface area (Å²) in [7, 11) is -1.88. The first-order chi connectivity index (χ1) is 6.47. The van der Waals surface area contributed by atoms with Crippen LogP contribution in [0.2, 0.25) is 0 Å². The smallest absolute Gasteiger partial charge is 0.248 e. The van der Waals surface area contributed by atoms with Crippen LogP contribution in [-0.2, 0) is 10.0 Å². The predicted molar refractivity (Wildman–Crippen MR) is 59.2 cm³/mol. The van der Waals surface area contributed by atoms with Crippen LogP contribution in [-0.4, -0.2) is 20.7 Å². The van der Waals surface area contributed by atoms with Crippen LogP contribution in [0.25, 0.3) is 0 Å². The van der Waals surface area contributed by atoms with Gasteiger partial charge in [0.1, 0.15) is 5.21 Å². The van der Waals surface area contributed by atoms with Gasteiger partial charge in [0.25, 0.3) is 0 Å². The molecule has 14 heavy (non-hydrogen) atoms. The Kier molecular flexibility index (Phi) is 3.39. The number of aryl methyl sites for hydroxylation is 1. The van der Waals surface area contributed by atoms with E-state index in [0.717, 1.165) is 5.56 Å². The van der Waals surface area contributed by atoms with Crippen molar-refractivity contribution in [3.8, 4) is 0 Å². The van der Waals surface area contributed by atoms with Crippen molar-refractivity contribution < 1.29 is 8.42 Å². The fourth-order valence-corrected chi connectivity index (χ4v) is 2.02. The minimum atomic E-state index is -3.37. The lowest BCUT2D eigenvalue weighted by atomic mass is 10.2. The Labute approximate surface area is 89.4 Å². The zero-order valence-corrected chi connectivity index (χ0v) is 9.64. The van der Waals surface area contributed by atoms with Crippen LogP contribution >= 0.6 is 11.6 Å². The molecule has 1 aromatic rings.